The lowest BCUT2D eigenvalue weighted by molar-refractivity contribution is -0.131. The molecule has 2 heteroatoms. The maximum atomic E-state index is 10.5. The lowest BCUT2D eigenvalue weighted by Gasteiger charge is -2.11. The average molecular weight is 184 g/mol. The number of carbonyl (C=O) groups is 1. The number of carboxylic acids is 1. The molecular formula is C11H20O2. The van der Waals surface area contributed by atoms with Gasteiger partial charge in [-0.25, -0.2) is 4.79 Å². The van der Waals surface area contributed by atoms with Crippen LogP contribution >= 0.6 is 0 Å². The smallest absolute Gasteiger partial charge is 0.328 e. The predicted octanol–water partition coefficient (Wildman–Crippen LogP) is 3.09. The zero-order chi connectivity index (χ0) is 10.4. The van der Waals surface area contributed by atoms with E-state index in [1.807, 2.05) is 0 Å². The Balaban J connectivity index is 4.27. The average Bonchev–Trinajstić information content (AvgIpc) is 1.80. The molecule has 0 aromatic heterocycles. The zero-order valence-corrected chi connectivity index (χ0v) is 9.00. The van der Waals surface area contributed by atoms with Gasteiger partial charge in [-0.05, 0) is 24.7 Å². The van der Waals surface area contributed by atoms with Crippen molar-refractivity contribution >= 4 is 5.97 Å². The highest BCUT2D eigenvalue weighted by Gasteiger charge is 2.06. The first kappa shape index (κ1) is 12.2. The first-order chi connectivity index (χ1) is 5.91. The van der Waals surface area contributed by atoms with Gasteiger partial charge in [0.05, 0.1) is 0 Å². The molecule has 0 heterocycles. The lowest BCUT2D eigenvalue weighted by Crippen LogP contribution is -2.00. The Morgan fingerprint density at radius 3 is 1.77 bits per heavy atom. The van der Waals surface area contributed by atoms with Crippen molar-refractivity contribution < 1.29 is 9.90 Å². The van der Waals surface area contributed by atoms with Crippen molar-refractivity contribution in [3.8, 4) is 0 Å². The van der Waals surface area contributed by atoms with E-state index in [1.165, 1.54) is 6.08 Å². The fourth-order valence-electron chi connectivity index (χ4n) is 1.42. The van der Waals surface area contributed by atoms with E-state index in [0.29, 0.717) is 11.8 Å². The summed E-state index contributed by atoms with van der Waals surface area (Å²) in [5.41, 5.74) is 1.05. The van der Waals surface area contributed by atoms with E-state index in [1.54, 1.807) is 0 Å². The summed E-state index contributed by atoms with van der Waals surface area (Å²) in [6.45, 7) is 8.43. The Bertz CT molecular complexity index is 178. The Morgan fingerprint density at radius 2 is 1.54 bits per heavy atom. The van der Waals surface area contributed by atoms with Crippen molar-refractivity contribution in [3.63, 3.8) is 0 Å². The predicted molar refractivity (Wildman–Crippen MR) is 54.6 cm³/mol. The number of rotatable bonds is 5. The van der Waals surface area contributed by atoms with Crippen molar-refractivity contribution in [1.82, 2.24) is 0 Å². The summed E-state index contributed by atoms with van der Waals surface area (Å²) in [5, 5.41) is 8.63. The van der Waals surface area contributed by atoms with Gasteiger partial charge in [0.15, 0.2) is 0 Å². The van der Waals surface area contributed by atoms with E-state index in [4.69, 9.17) is 5.11 Å². The summed E-state index contributed by atoms with van der Waals surface area (Å²) in [6, 6.07) is 0. The van der Waals surface area contributed by atoms with E-state index >= 15 is 0 Å². The molecule has 0 amide bonds. The summed E-state index contributed by atoms with van der Waals surface area (Å²) < 4.78 is 0. The van der Waals surface area contributed by atoms with Gasteiger partial charge < -0.3 is 5.11 Å². The van der Waals surface area contributed by atoms with Crippen LogP contribution in [0.5, 0.6) is 0 Å². The van der Waals surface area contributed by atoms with Crippen LogP contribution in [0, 0.1) is 11.8 Å². The molecule has 0 saturated carbocycles. The molecule has 0 aliphatic heterocycles. The van der Waals surface area contributed by atoms with Crippen LogP contribution < -0.4 is 0 Å². The van der Waals surface area contributed by atoms with Crippen LogP contribution in [0.15, 0.2) is 11.6 Å². The molecule has 0 fully saturated rings. The highest BCUT2D eigenvalue weighted by atomic mass is 16.4. The highest BCUT2D eigenvalue weighted by Crippen LogP contribution is 2.18. The van der Waals surface area contributed by atoms with Crippen LogP contribution in [0.4, 0.5) is 0 Å². The van der Waals surface area contributed by atoms with Crippen molar-refractivity contribution in [3.05, 3.63) is 11.6 Å². The van der Waals surface area contributed by atoms with Gasteiger partial charge in [0.25, 0.3) is 0 Å². The van der Waals surface area contributed by atoms with Crippen LogP contribution in [0.1, 0.15) is 40.5 Å². The van der Waals surface area contributed by atoms with Gasteiger partial charge in [-0.3, -0.25) is 0 Å². The molecule has 0 rings (SSSR count). The molecule has 0 aliphatic carbocycles. The first-order valence-electron chi connectivity index (χ1n) is 4.84. The molecule has 0 aliphatic rings. The third kappa shape index (κ3) is 7.57. The molecule has 0 saturated heterocycles. The molecule has 2 nitrogen and oxygen atoms in total. The minimum atomic E-state index is -0.823. The van der Waals surface area contributed by atoms with Crippen LogP contribution in [-0.2, 0) is 4.79 Å². The maximum absolute atomic E-state index is 10.5. The van der Waals surface area contributed by atoms with Gasteiger partial charge in [0.2, 0.25) is 0 Å². The topological polar surface area (TPSA) is 37.3 Å². The largest absolute Gasteiger partial charge is 0.478 e. The van der Waals surface area contributed by atoms with Crippen molar-refractivity contribution in [1.29, 1.82) is 0 Å². The molecule has 76 valence electrons. The minimum Gasteiger partial charge on any atom is -0.478 e. The molecule has 0 unspecified atom stereocenters. The summed E-state index contributed by atoms with van der Waals surface area (Å²) in [7, 11) is 0. The number of hydrogen-bond donors (Lipinski definition) is 1. The normalized spacial score (nSPS) is 10.6. The molecular weight excluding hydrogens is 164 g/mol. The molecule has 0 aromatic rings. The molecule has 13 heavy (non-hydrogen) atoms. The standard InChI is InChI=1S/C11H20O2/c1-8(2)5-10(6-9(3)4)7-11(12)13/h7-9H,5-6H2,1-4H3,(H,12,13). The Morgan fingerprint density at radius 1 is 1.15 bits per heavy atom. The van der Waals surface area contributed by atoms with Gasteiger partial charge in [-0.2, -0.15) is 0 Å². The van der Waals surface area contributed by atoms with Crippen LogP contribution in [0.25, 0.3) is 0 Å². The maximum Gasteiger partial charge on any atom is 0.328 e. The fraction of sp³-hybridized carbons (Fsp3) is 0.727. The Kier molecular flexibility index (Phi) is 5.44. The molecule has 0 radical (unpaired) electrons. The SMILES string of the molecule is CC(C)CC(=CC(=O)O)CC(C)C. The van der Waals surface area contributed by atoms with E-state index in [0.717, 1.165) is 18.4 Å². The molecule has 0 spiro atoms. The van der Waals surface area contributed by atoms with Crippen molar-refractivity contribution in [2.45, 2.75) is 40.5 Å². The summed E-state index contributed by atoms with van der Waals surface area (Å²) in [5.74, 6) is 0.241. The van der Waals surface area contributed by atoms with Crippen LogP contribution in [0.3, 0.4) is 0 Å². The third-order valence-corrected chi connectivity index (χ3v) is 1.67. The van der Waals surface area contributed by atoms with Crippen LogP contribution in [0.2, 0.25) is 0 Å². The molecule has 0 atom stereocenters. The van der Waals surface area contributed by atoms with Crippen LogP contribution in [-0.4, -0.2) is 11.1 Å². The number of carboxylic acid groups (broad SMARTS) is 1. The monoisotopic (exact) mass is 184 g/mol. The second-order valence-corrected chi connectivity index (χ2v) is 4.34. The van der Waals surface area contributed by atoms with E-state index in [-0.39, 0.29) is 0 Å². The highest BCUT2D eigenvalue weighted by molar-refractivity contribution is 5.80. The quantitative estimate of drug-likeness (QED) is 0.667. The third-order valence-electron chi connectivity index (χ3n) is 1.67. The molecule has 0 aromatic carbocycles. The summed E-state index contributed by atoms with van der Waals surface area (Å²) in [4.78, 5) is 10.5. The van der Waals surface area contributed by atoms with E-state index in [2.05, 4.69) is 27.7 Å². The fourth-order valence-corrected chi connectivity index (χ4v) is 1.42. The summed E-state index contributed by atoms with van der Waals surface area (Å²) in [6.07, 6.45) is 3.15. The Labute approximate surface area is 80.7 Å². The van der Waals surface area contributed by atoms with Crippen molar-refractivity contribution in [2.75, 3.05) is 0 Å². The van der Waals surface area contributed by atoms with Crippen molar-refractivity contribution in [2.24, 2.45) is 11.8 Å². The van der Waals surface area contributed by atoms with Gasteiger partial charge in [0, 0.05) is 6.08 Å². The second-order valence-electron chi connectivity index (χ2n) is 4.34. The second kappa shape index (κ2) is 5.79. The van der Waals surface area contributed by atoms with Gasteiger partial charge >= 0.3 is 5.97 Å². The number of aliphatic carboxylic acids is 1. The lowest BCUT2D eigenvalue weighted by atomic mass is 9.95. The molecule has 0 bridgehead atoms. The first-order valence-corrected chi connectivity index (χ1v) is 4.84. The number of allylic oxidation sites excluding steroid dienone is 1. The van der Waals surface area contributed by atoms with E-state index in [9.17, 15) is 4.79 Å². The van der Waals surface area contributed by atoms with E-state index < -0.39 is 5.97 Å². The molecule has 1 N–H and O–H groups in total. The number of hydrogen-bond acceptors (Lipinski definition) is 1. The van der Waals surface area contributed by atoms with Gasteiger partial charge in [-0.1, -0.05) is 33.3 Å². The van der Waals surface area contributed by atoms with Gasteiger partial charge in [0.1, 0.15) is 0 Å². The summed E-state index contributed by atoms with van der Waals surface area (Å²) >= 11 is 0. The zero-order valence-electron chi connectivity index (χ0n) is 9.00. The minimum absolute atomic E-state index is 0.532. The van der Waals surface area contributed by atoms with Gasteiger partial charge in [-0.15, -0.1) is 0 Å². The Hall–Kier alpha value is -0.790.